The highest BCUT2D eigenvalue weighted by molar-refractivity contribution is 6.05. The maximum Gasteiger partial charge on any atom is 0.324 e. The number of rotatable bonds is 7. The Hall–Kier alpha value is -2.45. The summed E-state index contributed by atoms with van der Waals surface area (Å²) in [4.78, 5) is 42.3. The fourth-order valence-electron chi connectivity index (χ4n) is 2.18. The molecule has 9 heteroatoms. The molecule has 0 saturated carbocycles. The highest BCUT2D eigenvalue weighted by atomic mass is 16.5. The van der Waals surface area contributed by atoms with Crippen LogP contribution in [0, 0.1) is 0 Å². The molecular formula is C13H19N5O4. The molecule has 0 spiro atoms. The summed E-state index contributed by atoms with van der Waals surface area (Å²) in [7, 11) is 1.63. The molecule has 1 N–H and O–H groups in total. The monoisotopic (exact) mass is 309 g/mol. The van der Waals surface area contributed by atoms with E-state index in [1.165, 1.54) is 11.3 Å². The molecular weight excluding hydrogens is 290 g/mol. The largest absolute Gasteiger partial charge is 0.345 e. The molecule has 0 aliphatic carbocycles. The van der Waals surface area contributed by atoms with Crippen LogP contribution in [0.15, 0.2) is 10.9 Å². The number of hydrogen-bond donors (Lipinski definition) is 1. The second-order valence-electron chi connectivity index (χ2n) is 5.11. The van der Waals surface area contributed by atoms with E-state index in [1.807, 2.05) is 6.92 Å². The third-order valence-corrected chi connectivity index (χ3v) is 3.44. The first-order chi connectivity index (χ1) is 10.5. The Bertz CT molecular complexity index is 545. The maximum atomic E-state index is 12.1. The van der Waals surface area contributed by atoms with Gasteiger partial charge < -0.3 is 14.7 Å². The lowest BCUT2D eigenvalue weighted by Crippen LogP contribution is -2.38. The van der Waals surface area contributed by atoms with E-state index in [0.29, 0.717) is 31.8 Å². The summed E-state index contributed by atoms with van der Waals surface area (Å²) in [6.45, 7) is 2.65. The number of nitrogens with one attached hydrogen (secondary N) is 1. The molecule has 9 nitrogen and oxygen atoms in total. The van der Waals surface area contributed by atoms with E-state index >= 15 is 0 Å². The number of carbonyl (C=O) groups is 3. The number of nitrogens with zero attached hydrogens (tertiary/aromatic N) is 4. The van der Waals surface area contributed by atoms with Gasteiger partial charge in [-0.2, -0.15) is 4.98 Å². The fraction of sp³-hybridized carbons (Fsp3) is 0.615. The van der Waals surface area contributed by atoms with Gasteiger partial charge in [0.2, 0.25) is 12.3 Å². The third-order valence-electron chi connectivity index (χ3n) is 3.44. The second-order valence-corrected chi connectivity index (χ2v) is 5.11. The number of hydrogen-bond acceptors (Lipinski definition) is 6. The predicted molar refractivity (Wildman–Crippen MR) is 74.6 cm³/mol. The zero-order valence-corrected chi connectivity index (χ0v) is 12.6. The molecule has 1 saturated heterocycles. The Labute approximate surface area is 127 Å². The van der Waals surface area contributed by atoms with Crippen LogP contribution in [0.2, 0.25) is 0 Å². The van der Waals surface area contributed by atoms with Gasteiger partial charge in [-0.05, 0) is 6.42 Å². The van der Waals surface area contributed by atoms with Crippen LogP contribution in [-0.4, -0.2) is 64.0 Å². The predicted octanol–water partition coefficient (Wildman–Crippen LogP) is -0.209. The first-order valence-electron chi connectivity index (χ1n) is 7.14. The lowest BCUT2D eigenvalue weighted by atomic mass is 10.2. The van der Waals surface area contributed by atoms with Crippen molar-refractivity contribution in [3.8, 4) is 0 Å². The van der Waals surface area contributed by atoms with E-state index in [1.54, 1.807) is 7.05 Å². The van der Waals surface area contributed by atoms with E-state index in [2.05, 4.69) is 20.0 Å². The molecule has 1 atom stereocenters. The lowest BCUT2D eigenvalue weighted by Gasteiger charge is -2.18. The van der Waals surface area contributed by atoms with E-state index in [-0.39, 0.29) is 18.2 Å². The molecule has 1 aliphatic rings. The summed E-state index contributed by atoms with van der Waals surface area (Å²) in [6.07, 6.45) is 2.33. The average Bonchev–Trinajstić information content (AvgIpc) is 3.09. The Morgan fingerprint density at radius 2 is 2.27 bits per heavy atom. The minimum Gasteiger partial charge on any atom is -0.345 e. The lowest BCUT2D eigenvalue weighted by molar-refractivity contribution is -0.134. The average molecular weight is 309 g/mol. The molecule has 2 rings (SSSR count). The van der Waals surface area contributed by atoms with Crippen LogP contribution >= 0.6 is 0 Å². The Morgan fingerprint density at radius 1 is 1.50 bits per heavy atom. The van der Waals surface area contributed by atoms with Crippen LogP contribution in [0.1, 0.15) is 25.6 Å². The van der Waals surface area contributed by atoms with Crippen molar-refractivity contribution in [2.75, 3.05) is 20.1 Å². The molecule has 1 unspecified atom stereocenters. The number of carbonyl (C=O) groups excluding carboxylic acids is 3. The highest BCUT2D eigenvalue weighted by Crippen LogP contribution is 2.11. The fourth-order valence-corrected chi connectivity index (χ4v) is 2.18. The van der Waals surface area contributed by atoms with Gasteiger partial charge >= 0.3 is 6.03 Å². The van der Waals surface area contributed by atoms with Gasteiger partial charge in [-0.25, -0.2) is 4.79 Å². The number of amides is 4. The second kappa shape index (κ2) is 7.01. The van der Waals surface area contributed by atoms with Crippen molar-refractivity contribution < 1.29 is 18.9 Å². The number of likely N-dealkylation sites (N-methyl/N-ethyl adjacent to an activating group) is 1. The van der Waals surface area contributed by atoms with Gasteiger partial charge in [0, 0.05) is 26.6 Å². The summed E-state index contributed by atoms with van der Waals surface area (Å²) in [6, 6.07) is -1.21. The summed E-state index contributed by atoms with van der Waals surface area (Å²) < 4.78 is 4.61. The summed E-state index contributed by atoms with van der Waals surface area (Å²) in [5.41, 5.74) is 0. The smallest absolute Gasteiger partial charge is 0.324 e. The first-order valence-corrected chi connectivity index (χ1v) is 7.14. The van der Waals surface area contributed by atoms with Crippen LogP contribution in [0.25, 0.3) is 0 Å². The van der Waals surface area contributed by atoms with E-state index in [0.717, 1.165) is 4.90 Å². The van der Waals surface area contributed by atoms with Crippen molar-refractivity contribution in [2.45, 2.75) is 32.2 Å². The topological polar surface area (TPSA) is 109 Å². The standard InChI is InChI=1S/C13H19N5O4/c1-3-5-18-12(20)9(15-13(18)21)7-11(19)17(2)6-4-10-14-8-22-16-10/h8-9H,3-7H2,1-2H3,(H,15,21). The van der Waals surface area contributed by atoms with Gasteiger partial charge in [0.15, 0.2) is 5.82 Å². The van der Waals surface area contributed by atoms with Crippen LogP contribution < -0.4 is 5.32 Å². The summed E-state index contributed by atoms with van der Waals surface area (Å²) in [5.74, 6) is -0.0497. The number of imide groups is 1. The van der Waals surface area contributed by atoms with Crippen molar-refractivity contribution in [1.82, 2.24) is 25.3 Å². The van der Waals surface area contributed by atoms with Crippen molar-refractivity contribution in [1.29, 1.82) is 0 Å². The van der Waals surface area contributed by atoms with E-state index in [9.17, 15) is 14.4 Å². The summed E-state index contributed by atoms with van der Waals surface area (Å²) in [5, 5.41) is 6.21. The maximum absolute atomic E-state index is 12.1. The van der Waals surface area contributed by atoms with Gasteiger partial charge in [0.25, 0.3) is 5.91 Å². The van der Waals surface area contributed by atoms with Crippen LogP contribution in [-0.2, 0) is 16.0 Å². The van der Waals surface area contributed by atoms with Gasteiger partial charge in [-0.1, -0.05) is 12.1 Å². The van der Waals surface area contributed by atoms with Gasteiger partial charge in [0.05, 0.1) is 6.42 Å². The minimum atomic E-state index is -0.779. The molecule has 0 radical (unpaired) electrons. The molecule has 1 aromatic rings. The van der Waals surface area contributed by atoms with Crippen LogP contribution in [0.5, 0.6) is 0 Å². The Balaban J connectivity index is 1.83. The molecule has 1 aromatic heterocycles. The zero-order valence-electron chi connectivity index (χ0n) is 12.6. The normalized spacial score (nSPS) is 17.7. The molecule has 1 aliphatic heterocycles. The van der Waals surface area contributed by atoms with Crippen LogP contribution in [0.4, 0.5) is 4.79 Å². The molecule has 0 aromatic carbocycles. The Kier molecular flexibility index (Phi) is 5.08. The highest BCUT2D eigenvalue weighted by Gasteiger charge is 2.38. The first kappa shape index (κ1) is 15.9. The van der Waals surface area contributed by atoms with Gasteiger partial charge in [0.1, 0.15) is 6.04 Å². The van der Waals surface area contributed by atoms with Crippen molar-refractivity contribution in [2.24, 2.45) is 0 Å². The zero-order chi connectivity index (χ0) is 16.1. The third kappa shape index (κ3) is 3.60. The van der Waals surface area contributed by atoms with Crippen molar-refractivity contribution in [3.05, 3.63) is 12.2 Å². The van der Waals surface area contributed by atoms with Crippen LogP contribution in [0.3, 0.4) is 0 Å². The molecule has 1 fully saturated rings. The number of aromatic nitrogens is 2. The summed E-state index contributed by atoms with van der Waals surface area (Å²) >= 11 is 0. The SMILES string of the molecule is CCCN1C(=O)NC(CC(=O)N(C)CCc2ncon2)C1=O. The molecule has 2 heterocycles. The molecule has 0 bridgehead atoms. The van der Waals surface area contributed by atoms with Gasteiger partial charge in [-0.3, -0.25) is 14.5 Å². The molecule has 22 heavy (non-hydrogen) atoms. The Morgan fingerprint density at radius 3 is 2.91 bits per heavy atom. The van der Waals surface area contributed by atoms with Crippen molar-refractivity contribution >= 4 is 17.8 Å². The minimum absolute atomic E-state index is 0.0481. The van der Waals surface area contributed by atoms with E-state index < -0.39 is 12.1 Å². The quantitative estimate of drug-likeness (QED) is 0.698. The van der Waals surface area contributed by atoms with Crippen molar-refractivity contribution in [3.63, 3.8) is 0 Å². The molecule has 4 amide bonds. The molecule has 120 valence electrons. The van der Waals surface area contributed by atoms with E-state index in [4.69, 9.17) is 0 Å². The number of urea groups is 1. The van der Waals surface area contributed by atoms with Gasteiger partial charge in [-0.15, -0.1) is 0 Å².